The Morgan fingerprint density at radius 2 is 1.50 bits per heavy atom. The van der Waals surface area contributed by atoms with E-state index in [0.29, 0.717) is 5.56 Å². The van der Waals surface area contributed by atoms with Crippen LogP contribution in [0.15, 0.2) is 65.7 Å². The van der Waals surface area contributed by atoms with Crippen molar-refractivity contribution in [2.75, 3.05) is 0 Å². The molecule has 2 aromatic carbocycles. The van der Waals surface area contributed by atoms with Crippen molar-refractivity contribution in [3.63, 3.8) is 0 Å². The molecule has 0 N–H and O–H groups in total. The fraction of sp³-hybridized carbons (Fsp3) is 0.143. The number of hydrogen-bond donors (Lipinski definition) is 0. The fourth-order valence-electron chi connectivity index (χ4n) is 2.36. The van der Waals surface area contributed by atoms with E-state index in [1.165, 1.54) is 16.7 Å². The molecule has 3 aromatic rings. The van der Waals surface area contributed by atoms with Crippen LogP contribution in [0.2, 0.25) is 0 Å². The highest BCUT2D eigenvalue weighted by atomic mass is 32.2. The SMILES string of the molecule is Cc1ccc(CSc2nc(-c3ccc(C)cc3)ccc2C#N)cc1. The van der Waals surface area contributed by atoms with Gasteiger partial charge in [0.15, 0.2) is 0 Å². The molecule has 0 unspecified atom stereocenters. The Balaban J connectivity index is 1.85. The van der Waals surface area contributed by atoms with Gasteiger partial charge in [-0.3, -0.25) is 0 Å². The largest absolute Gasteiger partial charge is 0.240 e. The second-order valence-electron chi connectivity index (χ2n) is 5.80. The molecule has 1 aromatic heterocycles. The van der Waals surface area contributed by atoms with Crippen molar-refractivity contribution in [3.8, 4) is 17.3 Å². The van der Waals surface area contributed by atoms with Gasteiger partial charge in [0.1, 0.15) is 11.1 Å². The summed E-state index contributed by atoms with van der Waals surface area (Å²) in [5.74, 6) is 0.805. The molecule has 3 rings (SSSR count). The van der Waals surface area contributed by atoms with Gasteiger partial charge in [0, 0.05) is 11.3 Å². The molecular weight excluding hydrogens is 312 g/mol. The number of rotatable bonds is 4. The van der Waals surface area contributed by atoms with Crippen molar-refractivity contribution < 1.29 is 0 Å². The van der Waals surface area contributed by atoms with Gasteiger partial charge >= 0.3 is 0 Å². The standard InChI is InChI=1S/C21H18N2S/c1-15-3-7-17(8-4-15)14-24-21-19(13-22)11-12-20(23-21)18-9-5-16(2)6-10-18/h3-12H,14H2,1-2H3. The fourth-order valence-corrected chi connectivity index (χ4v) is 3.28. The van der Waals surface area contributed by atoms with Crippen LogP contribution < -0.4 is 0 Å². The minimum Gasteiger partial charge on any atom is -0.240 e. The first kappa shape index (κ1) is 16.3. The molecule has 0 saturated carbocycles. The molecule has 0 atom stereocenters. The number of thioether (sulfide) groups is 1. The molecule has 24 heavy (non-hydrogen) atoms. The Hall–Kier alpha value is -2.57. The van der Waals surface area contributed by atoms with E-state index in [4.69, 9.17) is 4.98 Å². The van der Waals surface area contributed by atoms with E-state index in [1.54, 1.807) is 11.8 Å². The molecule has 1 heterocycles. The van der Waals surface area contributed by atoms with Crippen molar-refractivity contribution in [2.24, 2.45) is 0 Å². The summed E-state index contributed by atoms with van der Waals surface area (Å²) in [7, 11) is 0. The number of pyridine rings is 1. The van der Waals surface area contributed by atoms with E-state index >= 15 is 0 Å². The van der Waals surface area contributed by atoms with E-state index in [1.807, 2.05) is 12.1 Å². The van der Waals surface area contributed by atoms with E-state index < -0.39 is 0 Å². The lowest BCUT2D eigenvalue weighted by atomic mass is 10.1. The molecular formula is C21H18N2S. The van der Waals surface area contributed by atoms with Gasteiger partial charge in [0.25, 0.3) is 0 Å². The molecule has 0 radical (unpaired) electrons. The highest BCUT2D eigenvalue weighted by molar-refractivity contribution is 7.98. The first-order valence-corrected chi connectivity index (χ1v) is 8.81. The molecule has 0 saturated heterocycles. The quantitative estimate of drug-likeness (QED) is 0.590. The van der Waals surface area contributed by atoms with Crippen LogP contribution in [-0.4, -0.2) is 4.98 Å². The van der Waals surface area contributed by atoms with E-state index in [2.05, 4.69) is 68.4 Å². The molecule has 2 nitrogen and oxygen atoms in total. The molecule has 118 valence electrons. The Kier molecular flexibility index (Phi) is 4.98. The predicted molar refractivity (Wildman–Crippen MR) is 99.9 cm³/mol. The minimum atomic E-state index is 0.628. The van der Waals surface area contributed by atoms with Crippen LogP contribution in [0.4, 0.5) is 0 Å². The van der Waals surface area contributed by atoms with E-state index in [-0.39, 0.29) is 0 Å². The average Bonchev–Trinajstić information content (AvgIpc) is 2.61. The Labute approximate surface area is 147 Å². The maximum Gasteiger partial charge on any atom is 0.115 e. The monoisotopic (exact) mass is 330 g/mol. The second kappa shape index (κ2) is 7.33. The van der Waals surface area contributed by atoms with Gasteiger partial charge < -0.3 is 0 Å². The highest BCUT2D eigenvalue weighted by Gasteiger charge is 2.08. The Bertz CT molecular complexity index is 875. The minimum absolute atomic E-state index is 0.628. The molecule has 0 aliphatic heterocycles. The molecule has 3 heteroatoms. The molecule has 0 spiro atoms. The van der Waals surface area contributed by atoms with Crippen molar-refractivity contribution in [1.29, 1.82) is 5.26 Å². The summed E-state index contributed by atoms with van der Waals surface area (Å²) in [5, 5.41) is 10.1. The smallest absolute Gasteiger partial charge is 0.115 e. The zero-order valence-corrected chi connectivity index (χ0v) is 14.6. The molecule has 0 fully saturated rings. The number of nitriles is 1. The second-order valence-corrected chi connectivity index (χ2v) is 6.77. The number of nitrogens with zero attached hydrogens (tertiary/aromatic N) is 2. The third-order valence-electron chi connectivity index (χ3n) is 3.82. The van der Waals surface area contributed by atoms with Crippen LogP contribution in [0.25, 0.3) is 11.3 Å². The van der Waals surface area contributed by atoms with E-state index in [9.17, 15) is 5.26 Å². The van der Waals surface area contributed by atoms with Crippen LogP contribution in [0.1, 0.15) is 22.3 Å². The molecule has 0 aliphatic carbocycles. The number of aryl methyl sites for hydroxylation is 2. The Morgan fingerprint density at radius 3 is 2.12 bits per heavy atom. The lowest BCUT2D eigenvalue weighted by molar-refractivity contribution is 1.11. The summed E-state index contributed by atoms with van der Waals surface area (Å²) in [6, 6.07) is 22.8. The number of hydrogen-bond acceptors (Lipinski definition) is 3. The Morgan fingerprint density at radius 1 is 0.875 bits per heavy atom. The summed E-state index contributed by atoms with van der Waals surface area (Å²) in [5.41, 5.74) is 6.31. The maximum atomic E-state index is 9.35. The van der Waals surface area contributed by atoms with Crippen LogP contribution in [0, 0.1) is 25.2 Å². The topological polar surface area (TPSA) is 36.7 Å². The predicted octanol–water partition coefficient (Wildman–Crippen LogP) is 5.53. The third-order valence-corrected chi connectivity index (χ3v) is 4.89. The maximum absolute atomic E-state index is 9.35. The first-order valence-electron chi connectivity index (χ1n) is 7.82. The van der Waals surface area contributed by atoms with Gasteiger partial charge in [-0.25, -0.2) is 4.98 Å². The summed E-state index contributed by atoms with van der Waals surface area (Å²) in [6.45, 7) is 4.15. The van der Waals surface area contributed by atoms with Crippen molar-refractivity contribution in [1.82, 2.24) is 4.98 Å². The first-order chi connectivity index (χ1) is 11.7. The highest BCUT2D eigenvalue weighted by Crippen LogP contribution is 2.28. The van der Waals surface area contributed by atoms with Gasteiger partial charge in [-0.1, -0.05) is 59.7 Å². The van der Waals surface area contributed by atoms with E-state index in [0.717, 1.165) is 22.0 Å². The van der Waals surface area contributed by atoms with Crippen LogP contribution in [0.5, 0.6) is 0 Å². The molecule has 0 aliphatic rings. The number of benzene rings is 2. The zero-order chi connectivity index (χ0) is 16.9. The summed E-state index contributed by atoms with van der Waals surface area (Å²) in [4.78, 5) is 4.72. The lowest BCUT2D eigenvalue weighted by Gasteiger charge is -2.07. The van der Waals surface area contributed by atoms with Crippen LogP contribution in [-0.2, 0) is 5.75 Å². The van der Waals surface area contributed by atoms with Crippen LogP contribution >= 0.6 is 11.8 Å². The van der Waals surface area contributed by atoms with Crippen molar-refractivity contribution >= 4 is 11.8 Å². The normalized spacial score (nSPS) is 10.4. The number of aromatic nitrogens is 1. The van der Waals surface area contributed by atoms with Gasteiger partial charge in [-0.2, -0.15) is 5.26 Å². The van der Waals surface area contributed by atoms with Gasteiger partial charge in [0.05, 0.1) is 11.3 Å². The summed E-state index contributed by atoms with van der Waals surface area (Å²) < 4.78 is 0. The summed E-state index contributed by atoms with van der Waals surface area (Å²) in [6.07, 6.45) is 0. The van der Waals surface area contributed by atoms with Gasteiger partial charge in [-0.15, -0.1) is 11.8 Å². The van der Waals surface area contributed by atoms with Crippen molar-refractivity contribution in [3.05, 3.63) is 82.9 Å². The summed E-state index contributed by atoms with van der Waals surface area (Å²) >= 11 is 1.61. The van der Waals surface area contributed by atoms with Gasteiger partial charge in [-0.05, 0) is 31.5 Å². The molecule has 0 amide bonds. The third kappa shape index (κ3) is 3.84. The van der Waals surface area contributed by atoms with Crippen molar-refractivity contribution in [2.45, 2.75) is 24.6 Å². The van der Waals surface area contributed by atoms with Crippen LogP contribution in [0.3, 0.4) is 0 Å². The lowest BCUT2D eigenvalue weighted by Crippen LogP contribution is -1.92. The van der Waals surface area contributed by atoms with Gasteiger partial charge in [0.2, 0.25) is 0 Å². The molecule has 0 bridgehead atoms. The average molecular weight is 330 g/mol. The zero-order valence-electron chi connectivity index (χ0n) is 13.8.